The van der Waals surface area contributed by atoms with Crippen LogP contribution in [0.25, 0.3) is 0 Å². The zero-order chi connectivity index (χ0) is 6.04. The number of ether oxygens (including phenoxy) is 1. The van der Waals surface area contributed by atoms with Gasteiger partial charge >= 0.3 is 0 Å². The average molecular weight is 132 g/mol. The molecule has 0 amide bonds. The van der Waals surface area contributed by atoms with Crippen LogP contribution < -0.4 is 0 Å². The molecule has 0 aliphatic carbocycles. The third-order valence-corrected chi connectivity index (χ3v) is 1.63. The third-order valence-electron chi connectivity index (χ3n) is 0.648. The standard InChI is InChI=1S/C4H4O3S/c5-8(6)3-1-7-2-4-8/h1-4H. The van der Waals surface area contributed by atoms with Crippen LogP contribution in [-0.2, 0) is 14.6 Å². The summed E-state index contributed by atoms with van der Waals surface area (Å²) in [6.45, 7) is 0. The molecule has 0 radical (unpaired) electrons. The van der Waals surface area contributed by atoms with Crippen LogP contribution in [-0.4, -0.2) is 8.42 Å². The average Bonchev–Trinajstić information content (AvgIpc) is 1.65. The summed E-state index contributed by atoms with van der Waals surface area (Å²) in [5, 5.41) is 1.99. The van der Waals surface area contributed by atoms with Gasteiger partial charge in [0.25, 0.3) is 0 Å². The van der Waals surface area contributed by atoms with Crippen molar-refractivity contribution >= 4 is 9.84 Å². The second kappa shape index (κ2) is 1.63. The van der Waals surface area contributed by atoms with Crippen molar-refractivity contribution in [2.75, 3.05) is 0 Å². The second-order valence-electron chi connectivity index (χ2n) is 1.27. The molecular formula is C4H4O3S. The number of sulfone groups is 1. The molecule has 44 valence electrons. The van der Waals surface area contributed by atoms with E-state index in [4.69, 9.17) is 0 Å². The molecule has 0 bridgehead atoms. The second-order valence-corrected chi connectivity index (χ2v) is 2.99. The van der Waals surface area contributed by atoms with Gasteiger partial charge in [0.2, 0.25) is 0 Å². The summed E-state index contributed by atoms with van der Waals surface area (Å²) in [7, 11) is -3.07. The van der Waals surface area contributed by atoms with E-state index >= 15 is 0 Å². The molecule has 0 aromatic carbocycles. The van der Waals surface area contributed by atoms with Gasteiger partial charge in [-0.05, 0) is 0 Å². The Morgan fingerprint density at radius 1 is 1.12 bits per heavy atom. The Hall–Kier alpha value is -0.770. The van der Waals surface area contributed by atoms with E-state index in [0.717, 1.165) is 23.3 Å². The van der Waals surface area contributed by atoms with Crippen LogP contribution in [0.5, 0.6) is 0 Å². The van der Waals surface area contributed by atoms with Gasteiger partial charge in [-0.3, -0.25) is 0 Å². The molecule has 0 atom stereocenters. The predicted molar refractivity (Wildman–Crippen MR) is 28.3 cm³/mol. The fourth-order valence-electron chi connectivity index (χ4n) is 0.310. The van der Waals surface area contributed by atoms with E-state index in [9.17, 15) is 8.42 Å². The van der Waals surface area contributed by atoms with Gasteiger partial charge in [-0.15, -0.1) is 0 Å². The van der Waals surface area contributed by atoms with Gasteiger partial charge in [0, 0.05) is 0 Å². The summed E-state index contributed by atoms with van der Waals surface area (Å²) in [6, 6.07) is 0. The van der Waals surface area contributed by atoms with Gasteiger partial charge in [-0.25, -0.2) is 8.42 Å². The third kappa shape index (κ3) is 1.10. The van der Waals surface area contributed by atoms with Gasteiger partial charge in [0.15, 0.2) is 9.84 Å². The lowest BCUT2D eigenvalue weighted by atomic mass is 11.0. The first-order chi connectivity index (χ1) is 3.71. The highest BCUT2D eigenvalue weighted by Crippen LogP contribution is 2.00. The molecule has 1 rings (SSSR count). The normalized spacial score (nSPS) is 22.5. The summed E-state index contributed by atoms with van der Waals surface area (Å²) >= 11 is 0. The molecule has 8 heavy (non-hydrogen) atoms. The van der Waals surface area contributed by atoms with Crippen molar-refractivity contribution in [1.29, 1.82) is 0 Å². The van der Waals surface area contributed by atoms with Crippen LogP contribution in [0.4, 0.5) is 0 Å². The molecule has 0 spiro atoms. The van der Waals surface area contributed by atoms with E-state index in [-0.39, 0.29) is 0 Å². The lowest BCUT2D eigenvalue weighted by molar-refractivity contribution is 0.401. The van der Waals surface area contributed by atoms with E-state index < -0.39 is 9.84 Å². The van der Waals surface area contributed by atoms with Crippen LogP contribution >= 0.6 is 0 Å². The van der Waals surface area contributed by atoms with E-state index in [0.29, 0.717) is 0 Å². The van der Waals surface area contributed by atoms with Crippen LogP contribution in [0.3, 0.4) is 0 Å². The molecule has 1 aliphatic heterocycles. The Bertz CT molecular complexity index is 204. The highest BCUT2D eigenvalue weighted by molar-refractivity contribution is 7.97. The summed E-state index contributed by atoms with van der Waals surface area (Å²) < 4.78 is 25.3. The van der Waals surface area contributed by atoms with E-state index in [2.05, 4.69) is 4.74 Å². The summed E-state index contributed by atoms with van der Waals surface area (Å²) in [5.74, 6) is 0. The predicted octanol–water partition coefficient (Wildman–Crippen LogP) is 0.374. The first kappa shape index (κ1) is 5.37. The maximum absolute atomic E-state index is 10.4. The lowest BCUT2D eigenvalue weighted by Crippen LogP contribution is -1.91. The first-order valence-electron chi connectivity index (χ1n) is 1.94. The van der Waals surface area contributed by atoms with Crippen molar-refractivity contribution < 1.29 is 13.2 Å². The van der Waals surface area contributed by atoms with Crippen molar-refractivity contribution in [2.45, 2.75) is 0 Å². The lowest BCUT2D eigenvalue weighted by Gasteiger charge is -1.94. The van der Waals surface area contributed by atoms with Crippen molar-refractivity contribution in [1.82, 2.24) is 0 Å². The van der Waals surface area contributed by atoms with Crippen molar-refractivity contribution in [2.24, 2.45) is 0 Å². The van der Waals surface area contributed by atoms with E-state index in [1.165, 1.54) is 0 Å². The van der Waals surface area contributed by atoms with Crippen molar-refractivity contribution in [3.8, 4) is 0 Å². The van der Waals surface area contributed by atoms with Crippen molar-refractivity contribution in [3.05, 3.63) is 23.3 Å². The smallest absolute Gasteiger partial charge is 0.199 e. The highest BCUT2D eigenvalue weighted by Gasteiger charge is 2.01. The molecule has 4 heteroatoms. The molecule has 0 N–H and O–H groups in total. The van der Waals surface area contributed by atoms with Crippen LogP contribution in [0.1, 0.15) is 0 Å². The minimum atomic E-state index is -3.07. The Labute approximate surface area is 47.2 Å². The molecule has 0 fully saturated rings. The molecular weight excluding hydrogens is 128 g/mol. The fourth-order valence-corrected chi connectivity index (χ4v) is 0.839. The summed E-state index contributed by atoms with van der Waals surface area (Å²) in [4.78, 5) is 0. The van der Waals surface area contributed by atoms with Gasteiger partial charge in [0.05, 0.1) is 10.8 Å². The Morgan fingerprint density at radius 2 is 1.62 bits per heavy atom. The minimum absolute atomic E-state index is 0.993. The first-order valence-corrected chi connectivity index (χ1v) is 3.55. The van der Waals surface area contributed by atoms with Gasteiger partial charge in [-0.2, -0.15) is 0 Å². The largest absolute Gasteiger partial charge is 0.471 e. The monoisotopic (exact) mass is 132 g/mol. The van der Waals surface area contributed by atoms with Gasteiger partial charge < -0.3 is 4.74 Å². The summed E-state index contributed by atoms with van der Waals surface area (Å²) in [6.07, 6.45) is 2.24. The number of hydrogen-bond acceptors (Lipinski definition) is 3. The van der Waals surface area contributed by atoms with Crippen LogP contribution in [0.15, 0.2) is 23.3 Å². The Kier molecular flexibility index (Phi) is 1.09. The van der Waals surface area contributed by atoms with Gasteiger partial charge in [-0.1, -0.05) is 0 Å². The highest BCUT2D eigenvalue weighted by atomic mass is 32.2. The quantitative estimate of drug-likeness (QED) is 0.478. The Balaban J connectivity index is 3.03. The minimum Gasteiger partial charge on any atom is -0.471 e. The maximum Gasteiger partial charge on any atom is 0.199 e. The zero-order valence-electron chi connectivity index (χ0n) is 3.94. The molecule has 1 aliphatic rings. The van der Waals surface area contributed by atoms with E-state index in [1.807, 2.05) is 0 Å². The topological polar surface area (TPSA) is 43.4 Å². The molecule has 0 aromatic heterocycles. The maximum atomic E-state index is 10.4. The molecule has 0 saturated carbocycles. The SMILES string of the molecule is O=S1(=O)C=COC=C1. The zero-order valence-corrected chi connectivity index (χ0v) is 4.76. The molecule has 0 saturated heterocycles. The van der Waals surface area contributed by atoms with Crippen LogP contribution in [0.2, 0.25) is 0 Å². The number of rotatable bonds is 0. The van der Waals surface area contributed by atoms with Crippen molar-refractivity contribution in [3.63, 3.8) is 0 Å². The molecule has 1 heterocycles. The fraction of sp³-hybridized carbons (Fsp3) is 0. The number of hydrogen-bond donors (Lipinski definition) is 0. The molecule has 3 nitrogen and oxygen atoms in total. The molecule has 0 aromatic rings. The van der Waals surface area contributed by atoms with Crippen LogP contribution in [0, 0.1) is 0 Å². The molecule has 0 unspecified atom stereocenters. The van der Waals surface area contributed by atoms with Gasteiger partial charge in [0.1, 0.15) is 12.5 Å². The Morgan fingerprint density at radius 3 is 1.88 bits per heavy atom. The van der Waals surface area contributed by atoms with E-state index in [1.54, 1.807) is 0 Å². The summed E-state index contributed by atoms with van der Waals surface area (Å²) in [5.41, 5.74) is 0.